The third-order valence-corrected chi connectivity index (χ3v) is 3.12. The van der Waals surface area contributed by atoms with Gasteiger partial charge in [-0.3, -0.25) is 4.79 Å². The van der Waals surface area contributed by atoms with Gasteiger partial charge in [0.15, 0.2) is 5.78 Å². The molecule has 0 amide bonds. The number of rotatable bonds is 3. The highest BCUT2D eigenvalue weighted by Crippen LogP contribution is 2.28. The molecule has 2 aromatic rings. The molecule has 0 saturated heterocycles. The number of hydrogen-bond donors (Lipinski definition) is 2. The Bertz CT molecular complexity index is 720. The van der Waals surface area contributed by atoms with E-state index in [1.807, 2.05) is 6.07 Å². The molecule has 0 aliphatic rings. The minimum absolute atomic E-state index is 0.0999. The second-order valence-electron chi connectivity index (χ2n) is 4.29. The van der Waals surface area contributed by atoms with Gasteiger partial charge in [-0.1, -0.05) is 11.6 Å². The number of ketones is 1. The Kier molecular flexibility index (Phi) is 3.92. The van der Waals surface area contributed by atoms with Gasteiger partial charge in [0, 0.05) is 16.9 Å². The van der Waals surface area contributed by atoms with Crippen LogP contribution in [0.25, 0.3) is 0 Å². The maximum atomic E-state index is 11.5. The average molecular weight is 286 g/mol. The Labute approximate surface area is 121 Å². The number of hydrogen-bond acceptors (Lipinski definition) is 4. The summed E-state index contributed by atoms with van der Waals surface area (Å²) in [6.07, 6.45) is 0. The lowest BCUT2D eigenvalue weighted by Gasteiger charge is -2.10. The van der Waals surface area contributed by atoms with E-state index in [4.69, 9.17) is 22.6 Å². The van der Waals surface area contributed by atoms with Crippen LogP contribution in [0.5, 0.6) is 0 Å². The van der Waals surface area contributed by atoms with Crippen molar-refractivity contribution in [1.29, 1.82) is 5.26 Å². The fourth-order valence-corrected chi connectivity index (χ4v) is 2.01. The highest BCUT2D eigenvalue weighted by molar-refractivity contribution is 6.33. The van der Waals surface area contributed by atoms with Gasteiger partial charge in [0.2, 0.25) is 0 Å². The third kappa shape index (κ3) is 2.90. The standard InChI is InChI=1S/C15H12ClN3O/c1-9(20)12-7-11(3-4-14(12)18)19-15-5-2-10(8-17)6-13(15)16/h2-7,19H,18H2,1H3. The second-order valence-corrected chi connectivity index (χ2v) is 4.70. The number of nitrogen functional groups attached to an aromatic ring is 1. The lowest BCUT2D eigenvalue weighted by Crippen LogP contribution is -2.01. The summed E-state index contributed by atoms with van der Waals surface area (Å²) in [6.45, 7) is 1.46. The topological polar surface area (TPSA) is 78.9 Å². The molecule has 3 N–H and O–H groups in total. The summed E-state index contributed by atoms with van der Waals surface area (Å²) in [5.74, 6) is -0.0999. The Morgan fingerprint density at radius 2 is 2.05 bits per heavy atom. The van der Waals surface area contributed by atoms with Crippen molar-refractivity contribution in [3.8, 4) is 6.07 Å². The largest absolute Gasteiger partial charge is 0.398 e. The lowest BCUT2D eigenvalue weighted by molar-refractivity contribution is 0.101. The Hall–Kier alpha value is -2.51. The highest BCUT2D eigenvalue weighted by Gasteiger charge is 2.07. The molecule has 0 unspecified atom stereocenters. The molecule has 20 heavy (non-hydrogen) atoms. The maximum absolute atomic E-state index is 11.5. The van der Waals surface area contributed by atoms with E-state index >= 15 is 0 Å². The van der Waals surface area contributed by atoms with Crippen molar-refractivity contribution in [2.24, 2.45) is 0 Å². The fraction of sp³-hybridized carbons (Fsp3) is 0.0667. The van der Waals surface area contributed by atoms with Crippen LogP contribution in [-0.2, 0) is 0 Å². The van der Waals surface area contributed by atoms with E-state index in [1.165, 1.54) is 6.92 Å². The summed E-state index contributed by atoms with van der Waals surface area (Å²) in [4.78, 5) is 11.5. The van der Waals surface area contributed by atoms with E-state index in [0.717, 1.165) is 0 Å². The van der Waals surface area contributed by atoms with E-state index in [9.17, 15) is 4.79 Å². The number of nitrogens with one attached hydrogen (secondary N) is 1. The molecule has 0 heterocycles. The van der Waals surface area contributed by atoms with Crippen molar-refractivity contribution in [2.45, 2.75) is 6.92 Å². The van der Waals surface area contributed by atoms with Gasteiger partial charge >= 0.3 is 0 Å². The van der Waals surface area contributed by atoms with Crippen molar-refractivity contribution < 1.29 is 4.79 Å². The number of nitrogens with zero attached hydrogens (tertiary/aromatic N) is 1. The number of halogens is 1. The first-order chi connectivity index (χ1) is 9.51. The van der Waals surface area contributed by atoms with Crippen LogP contribution < -0.4 is 11.1 Å². The zero-order valence-electron chi connectivity index (χ0n) is 10.8. The summed E-state index contributed by atoms with van der Waals surface area (Å²) in [6, 6.07) is 12.1. The van der Waals surface area contributed by atoms with Gasteiger partial charge in [-0.25, -0.2) is 0 Å². The summed E-state index contributed by atoms with van der Waals surface area (Å²) >= 11 is 6.09. The number of nitrogens with two attached hydrogens (primary N) is 1. The summed E-state index contributed by atoms with van der Waals surface area (Å²) in [7, 11) is 0. The molecule has 5 heteroatoms. The fourth-order valence-electron chi connectivity index (χ4n) is 1.78. The predicted molar refractivity (Wildman–Crippen MR) is 80.3 cm³/mol. The molecule has 0 spiro atoms. The summed E-state index contributed by atoms with van der Waals surface area (Å²) < 4.78 is 0. The molecule has 0 saturated carbocycles. The molecule has 4 nitrogen and oxygen atoms in total. The monoisotopic (exact) mass is 285 g/mol. The number of anilines is 3. The molecule has 0 radical (unpaired) electrons. The van der Waals surface area contributed by atoms with Crippen molar-refractivity contribution in [2.75, 3.05) is 11.1 Å². The zero-order valence-corrected chi connectivity index (χ0v) is 11.5. The van der Waals surface area contributed by atoms with Crippen LogP contribution in [0.4, 0.5) is 17.1 Å². The normalized spacial score (nSPS) is 9.85. The van der Waals surface area contributed by atoms with E-state index < -0.39 is 0 Å². The molecule has 0 fully saturated rings. The van der Waals surface area contributed by atoms with Crippen LogP contribution in [0.1, 0.15) is 22.8 Å². The van der Waals surface area contributed by atoms with E-state index in [2.05, 4.69) is 5.32 Å². The van der Waals surface area contributed by atoms with Gasteiger partial charge in [-0.2, -0.15) is 5.26 Å². The first-order valence-electron chi connectivity index (χ1n) is 5.88. The van der Waals surface area contributed by atoms with Gasteiger partial charge < -0.3 is 11.1 Å². The minimum atomic E-state index is -0.0999. The summed E-state index contributed by atoms with van der Waals surface area (Å²) in [5, 5.41) is 12.3. The average Bonchev–Trinajstić information content (AvgIpc) is 2.42. The number of nitriles is 1. The molecule has 0 aliphatic carbocycles. The van der Waals surface area contributed by atoms with Crippen molar-refractivity contribution in [1.82, 2.24) is 0 Å². The number of benzene rings is 2. The van der Waals surface area contributed by atoms with Crippen LogP contribution in [0, 0.1) is 11.3 Å². The molecule has 0 atom stereocenters. The lowest BCUT2D eigenvalue weighted by atomic mass is 10.1. The highest BCUT2D eigenvalue weighted by atomic mass is 35.5. The molecule has 0 aliphatic heterocycles. The molecule has 2 aromatic carbocycles. The van der Waals surface area contributed by atoms with Crippen LogP contribution in [0.3, 0.4) is 0 Å². The molecule has 2 rings (SSSR count). The van der Waals surface area contributed by atoms with Gasteiger partial charge in [-0.05, 0) is 43.3 Å². The van der Waals surface area contributed by atoms with E-state index in [1.54, 1.807) is 36.4 Å². The molecule has 0 bridgehead atoms. The molecular formula is C15H12ClN3O. The van der Waals surface area contributed by atoms with Crippen LogP contribution in [-0.4, -0.2) is 5.78 Å². The second kappa shape index (κ2) is 5.64. The molecule has 0 aromatic heterocycles. The SMILES string of the molecule is CC(=O)c1cc(Nc2ccc(C#N)cc2Cl)ccc1N. The summed E-state index contributed by atoms with van der Waals surface area (Å²) in [5.41, 5.74) is 8.49. The Morgan fingerprint density at radius 1 is 1.30 bits per heavy atom. The number of carbonyl (C=O) groups excluding carboxylic acids is 1. The predicted octanol–water partition coefficient (Wildman–Crippen LogP) is 3.74. The smallest absolute Gasteiger partial charge is 0.161 e. The van der Waals surface area contributed by atoms with Crippen LogP contribution >= 0.6 is 11.6 Å². The van der Waals surface area contributed by atoms with E-state index in [0.29, 0.717) is 33.2 Å². The van der Waals surface area contributed by atoms with Gasteiger partial charge in [0.05, 0.1) is 22.3 Å². The first-order valence-corrected chi connectivity index (χ1v) is 6.26. The van der Waals surface area contributed by atoms with Crippen LogP contribution in [0.2, 0.25) is 5.02 Å². The Balaban J connectivity index is 2.33. The maximum Gasteiger partial charge on any atom is 0.161 e. The van der Waals surface area contributed by atoms with E-state index in [-0.39, 0.29) is 5.78 Å². The van der Waals surface area contributed by atoms with Crippen molar-refractivity contribution in [3.63, 3.8) is 0 Å². The first kappa shape index (κ1) is 13.9. The number of carbonyl (C=O) groups is 1. The quantitative estimate of drug-likeness (QED) is 0.665. The molecular weight excluding hydrogens is 274 g/mol. The number of Topliss-reactive ketones (excluding diaryl/α,β-unsaturated/α-hetero) is 1. The third-order valence-electron chi connectivity index (χ3n) is 2.81. The van der Waals surface area contributed by atoms with Gasteiger partial charge in [0.1, 0.15) is 0 Å². The van der Waals surface area contributed by atoms with Gasteiger partial charge in [-0.15, -0.1) is 0 Å². The van der Waals surface area contributed by atoms with Crippen LogP contribution in [0.15, 0.2) is 36.4 Å². The zero-order chi connectivity index (χ0) is 14.7. The molecule has 100 valence electrons. The Morgan fingerprint density at radius 3 is 2.65 bits per heavy atom. The van der Waals surface area contributed by atoms with Crippen molar-refractivity contribution in [3.05, 3.63) is 52.5 Å². The minimum Gasteiger partial charge on any atom is -0.398 e. The van der Waals surface area contributed by atoms with Gasteiger partial charge in [0.25, 0.3) is 0 Å². The van der Waals surface area contributed by atoms with Crippen molar-refractivity contribution >= 4 is 34.4 Å².